The van der Waals surface area contributed by atoms with Crippen LogP contribution in [0, 0.1) is 33.1 Å². The molecule has 18 heavy (non-hydrogen) atoms. The van der Waals surface area contributed by atoms with E-state index in [9.17, 15) is 4.79 Å². The molecule has 1 rings (SSSR count). The highest BCUT2D eigenvalue weighted by molar-refractivity contribution is 5.68. The minimum Gasteiger partial charge on any atom is -0.481 e. The van der Waals surface area contributed by atoms with Crippen LogP contribution in [0.5, 0.6) is 0 Å². The van der Waals surface area contributed by atoms with Crippen LogP contribution in [0.15, 0.2) is 12.1 Å². The highest BCUT2D eigenvalue weighted by Gasteiger charge is 2.13. The lowest BCUT2D eigenvalue weighted by atomic mass is 10.0. The standard InChI is InChI=1S/C15H19NO2/c1-5-7-16(8-6-14(17)18)15-12(3)9-11(2)10-13(15)4/h1,9-10H,6-8H2,2-4H3,(H,17,18). The van der Waals surface area contributed by atoms with Crippen LogP contribution in [-0.2, 0) is 4.79 Å². The molecular formula is C15H19NO2. The van der Waals surface area contributed by atoms with Crippen LogP contribution in [-0.4, -0.2) is 24.2 Å². The van der Waals surface area contributed by atoms with Gasteiger partial charge in [0.2, 0.25) is 0 Å². The average molecular weight is 245 g/mol. The number of rotatable bonds is 5. The van der Waals surface area contributed by atoms with Crippen molar-refractivity contribution < 1.29 is 9.90 Å². The monoisotopic (exact) mass is 245 g/mol. The Hall–Kier alpha value is -1.95. The first-order valence-electron chi connectivity index (χ1n) is 5.93. The molecule has 3 heteroatoms. The molecule has 0 bridgehead atoms. The molecule has 0 fully saturated rings. The van der Waals surface area contributed by atoms with Crippen molar-refractivity contribution in [2.75, 3.05) is 18.0 Å². The van der Waals surface area contributed by atoms with Crippen molar-refractivity contribution in [3.05, 3.63) is 28.8 Å². The Morgan fingerprint density at radius 1 is 1.33 bits per heavy atom. The lowest BCUT2D eigenvalue weighted by Gasteiger charge is -2.26. The molecule has 0 aliphatic heterocycles. The molecule has 0 aromatic heterocycles. The molecule has 1 aromatic carbocycles. The van der Waals surface area contributed by atoms with Crippen molar-refractivity contribution in [2.45, 2.75) is 27.2 Å². The highest BCUT2D eigenvalue weighted by Crippen LogP contribution is 2.26. The Morgan fingerprint density at radius 2 is 1.89 bits per heavy atom. The van der Waals surface area contributed by atoms with E-state index in [1.165, 1.54) is 5.56 Å². The van der Waals surface area contributed by atoms with E-state index in [4.69, 9.17) is 11.5 Å². The van der Waals surface area contributed by atoms with Gasteiger partial charge in [0, 0.05) is 12.2 Å². The van der Waals surface area contributed by atoms with Crippen molar-refractivity contribution >= 4 is 11.7 Å². The molecule has 0 aliphatic carbocycles. The quantitative estimate of drug-likeness (QED) is 0.810. The van der Waals surface area contributed by atoms with Gasteiger partial charge in [0.05, 0.1) is 13.0 Å². The molecule has 0 spiro atoms. The van der Waals surface area contributed by atoms with Gasteiger partial charge in [0.25, 0.3) is 0 Å². The first-order valence-corrected chi connectivity index (χ1v) is 5.93. The first kappa shape index (κ1) is 14.1. The second kappa shape index (κ2) is 6.11. The van der Waals surface area contributed by atoms with Crippen LogP contribution in [0.3, 0.4) is 0 Å². The largest absolute Gasteiger partial charge is 0.481 e. The molecule has 0 aliphatic rings. The normalized spacial score (nSPS) is 9.89. The number of aliphatic carboxylic acids is 1. The number of benzene rings is 1. The summed E-state index contributed by atoms with van der Waals surface area (Å²) < 4.78 is 0. The number of hydrogen-bond donors (Lipinski definition) is 1. The fraction of sp³-hybridized carbons (Fsp3) is 0.400. The van der Waals surface area contributed by atoms with Gasteiger partial charge in [-0.15, -0.1) is 6.42 Å². The lowest BCUT2D eigenvalue weighted by Crippen LogP contribution is -2.28. The summed E-state index contributed by atoms with van der Waals surface area (Å²) in [6, 6.07) is 4.18. The molecular weight excluding hydrogens is 226 g/mol. The molecule has 0 saturated carbocycles. The number of terminal acetylenes is 1. The molecule has 1 aromatic rings. The predicted molar refractivity (Wildman–Crippen MR) is 74.0 cm³/mol. The molecule has 3 nitrogen and oxygen atoms in total. The summed E-state index contributed by atoms with van der Waals surface area (Å²) in [7, 11) is 0. The number of hydrogen-bond acceptors (Lipinski definition) is 2. The summed E-state index contributed by atoms with van der Waals surface area (Å²) in [4.78, 5) is 12.6. The summed E-state index contributed by atoms with van der Waals surface area (Å²) in [5.41, 5.74) is 4.52. The number of carboxylic acids is 1. The number of carbonyl (C=O) groups is 1. The molecule has 0 heterocycles. The molecule has 96 valence electrons. The van der Waals surface area contributed by atoms with E-state index in [0.717, 1.165) is 16.8 Å². The topological polar surface area (TPSA) is 40.5 Å². The van der Waals surface area contributed by atoms with E-state index < -0.39 is 5.97 Å². The molecule has 0 saturated heterocycles. The van der Waals surface area contributed by atoms with E-state index in [1.807, 2.05) is 25.7 Å². The molecule has 0 unspecified atom stereocenters. The summed E-state index contributed by atoms with van der Waals surface area (Å²) in [5.74, 6) is 1.79. The lowest BCUT2D eigenvalue weighted by molar-refractivity contribution is -0.136. The van der Waals surface area contributed by atoms with Gasteiger partial charge < -0.3 is 10.0 Å². The highest BCUT2D eigenvalue weighted by atomic mass is 16.4. The van der Waals surface area contributed by atoms with Gasteiger partial charge in [-0.2, -0.15) is 0 Å². The molecule has 1 N–H and O–H groups in total. The zero-order valence-electron chi connectivity index (χ0n) is 11.2. The van der Waals surface area contributed by atoms with Crippen LogP contribution in [0.1, 0.15) is 23.1 Å². The second-order valence-corrected chi connectivity index (χ2v) is 4.52. The van der Waals surface area contributed by atoms with Gasteiger partial charge in [-0.05, 0) is 31.9 Å². The van der Waals surface area contributed by atoms with Gasteiger partial charge in [0.1, 0.15) is 0 Å². The minimum absolute atomic E-state index is 0.0917. The fourth-order valence-electron chi connectivity index (χ4n) is 2.28. The fourth-order valence-corrected chi connectivity index (χ4v) is 2.28. The zero-order chi connectivity index (χ0) is 13.7. The Morgan fingerprint density at radius 3 is 2.33 bits per heavy atom. The van der Waals surface area contributed by atoms with Crippen molar-refractivity contribution in [3.8, 4) is 12.3 Å². The number of anilines is 1. The van der Waals surface area contributed by atoms with Crippen molar-refractivity contribution in [3.63, 3.8) is 0 Å². The maximum absolute atomic E-state index is 10.7. The Kier molecular flexibility index (Phi) is 4.79. The number of aryl methyl sites for hydroxylation is 3. The predicted octanol–water partition coefficient (Wildman–Crippen LogP) is 2.53. The van der Waals surface area contributed by atoms with Gasteiger partial charge in [0.15, 0.2) is 0 Å². The zero-order valence-corrected chi connectivity index (χ0v) is 11.2. The smallest absolute Gasteiger partial charge is 0.305 e. The van der Waals surface area contributed by atoms with Crippen LogP contribution >= 0.6 is 0 Å². The van der Waals surface area contributed by atoms with Crippen LogP contribution in [0.4, 0.5) is 5.69 Å². The van der Waals surface area contributed by atoms with Gasteiger partial charge >= 0.3 is 5.97 Å². The molecule has 0 atom stereocenters. The number of carboxylic acid groups (broad SMARTS) is 1. The third-order valence-corrected chi connectivity index (χ3v) is 2.83. The van der Waals surface area contributed by atoms with E-state index in [-0.39, 0.29) is 6.42 Å². The Bertz CT molecular complexity index is 463. The summed E-state index contributed by atoms with van der Waals surface area (Å²) >= 11 is 0. The number of nitrogens with zero attached hydrogens (tertiary/aromatic N) is 1. The summed E-state index contributed by atoms with van der Waals surface area (Å²) in [5, 5.41) is 8.78. The average Bonchev–Trinajstić information content (AvgIpc) is 2.24. The molecule has 0 amide bonds. The van der Waals surface area contributed by atoms with Crippen molar-refractivity contribution in [1.29, 1.82) is 0 Å². The van der Waals surface area contributed by atoms with E-state index in [0.29, 0.717) is 13.1 Å². The third kappa shape index (κ3) is 3.53. The second-order valence-electron chi connectivity index (χ2n) is 4.52. The third-order valence-electron chi connectivity index (χ3n) is 2.83. The van der Waals surface area contributed by atoms with Crippen LogP contribution in [0.2, 0.25) is 0 Å². The van der Waals surface area contributed by atoms with Gasteiger partial charge in [-0.25, -0.2) is 0 Å². The maximum Gasteiger partial charge on any atom is 0.305 e. The minimum atomic E-state index is -0.806. The van der Waals surface area contributed by atoms with E-state index in [2.05, 4.69) is 18.1 Å². The Balaban J connectivity index is 3.06. The van der Waals surface area contributed by atoms with Gasteiger partial charge in [-0.3, -0.25) is 4.79 Å². The van der Waals surface area contributed by atoms with Crippen LogP contribution < -0.4 is 4.90 Å². The van der Waals surface area contributed by atoms with Crippen molar-refractivity contribution in [1.82, 2.24) is 0 Å². The van der Waals surface area contributed by atoms with E-state index >= 15 is 0 Å². The maximum atomic E-state index is 10.7. The van der Waals surface area contributed by atoms with Crippen molar-refractivity contribution in [2.24, 2.45) is 0 Å². The van der Waals surface area contributed by atoms with E-state index in [1.54, 1.807) is 0 Å². The Labute approximate surface area is 108 Å². The van der Waals surface area contributed by atoms with Crippen LogP contribution in [0.25, 0.3) is 0 Å². The SMILES string of the molecule is C#CCN(CCC(=O)O)c1c(C)cc(C)cc1C. The summed E-state index contributed by atoms with van der Waals surface area (Å²) in [6.45, 7) is 6.97. The first-order chi connectivity index (χ1) is 8.45. The molecule has 0 radical (unpaired) electrons. The van der Waals surface area contributed by atoms with Gasteiger partial charge in [-0.1, -0.05) is 23.6 Å². The summed E-state index contributed by atoms with van der Waals surface area (Å²) in [6.07, 6.45) is 5.46.